The van der Waals surface area contributed by atoms with Crippen molar-refractivity contribution in [3.8, 4) is 5.75 Å². The first-order chi connectivity index (χ1) is 14.9. The number of rotatable bonds is 2. The van der Waals surface area contributed by atoms with E-state index in [2.05, 4.69) is 10.6 Å². The largest absolute Gasteiger partial charge is 0.487 e. The number of alkyl halides is 3. The molecule has 6 nitrogen and oxygen atoms in total. The van der Waals surface area contributed by atoms with Crippen molar-refractivity contribution in [1.29, 1.82) is 0 Å². The highest BCUT2D eigenvalue weighted by Gasteiger charge is 2.38. The fourth-order valence-corrected chi connectivity index (χ4v) is 4.19. The Bertz CT molecular complexity index is 1080. The molecule has 32 heavy (non-hydrogen) atoms. The summed E-state index contributed by atoms with van der Waals surface area (Å²) in [5.41, 5.74) is 1.22. The van der Waals surface area contributed by atoms with Crippen molar-refractivity contribution in [2.24, 2.45) is 0 Å². The number of urea groups is 1. The summed E-state index contributed by atoms with van der Waals surface area (Å²) in [7, 11) is 1.69. The van der Waals surface area contributed by atoms with Crippen LogP contribution in [0.4, 0.5) is 29.3 Å². The van der Waals surface area contributed by atoms with E-state index in [0.29, 0.717) is 30.5 Å². The first kappa shape index (κ1) is 22.0. The number of fused-ring (bicyclic) bond motifs is 2. The predicted octanol–water partition coefficient (Wildman–Crippen LogP) is 5.04. The van der Waals surface area contributed by atoms with Crippen molar-refractivity contribution >= 4 is 23.3 Å². The lowest BCUT2D eigenvalue weighted by Crippen LogP contribution is -2.42. The summed E-state index contributed by atoms with van der Waals surface area (Å²) in [5, 5.41) is 5.61. The summed E-state index contributed by atoms with van der Waals surface area (Å²) in [6, 6.07) is 7.66. The quantitative estimate of drug-likeness (QED) is 0.678. The van der Waals surface area contributed by atoms with Crippen molar-refractivity contribution < 1.29 is 27.5 Å². The zero-order valence-electron chi connectivity index (χ0n) is 18.0. The van der Waals surface area contributed by atoms with E-state index in [9.17, 15) is 22.8 Å². The third-order valence-electron chi connectivity index (χ3n) is 5.79. The number of aryl methyl sites for hydroxylation is 1. The molecule has 2 aromatic carbocycles. The molecule has 2 aliphatic heterocycles. The summed E-state index contributed by atoms with van der Waals surface area (Å²) in [4.78, 5) is 26.2. The number of carbonyl (C=O) groups is 2. The van der Waals surface area contributed by atoms with Gasteiger partial charge in [0.2, 0.25) is 5.91 Å². The average Bonchev–Trinajstić information content (AvgIpc) is 2.69. The number of anilines is 2. The van der Waals surface area contributed by atoms with Gasteiger partial charge in [0.15, 0.2) is 0 Å². The molecule has 0 bridgehead atoms. The van der Waals surface area contributed by atoms with Crippen LogP contribution in [0.5, 0.6) is 5.75 Å². The van der Waals surface area contributed by atoms with Crippen molar-refractivity contribution in [1.82, 2.24) is 5.32 Å². The molecule has 1 atom stereocenters. The molecule has 0 aliphatic carbocycles. The molecule has 4 rings (SSSR count). The third kappa shape index (κ3) is 4.37. The maximum absolute atomic E-state index is 13.1. The molecule has 0 fully saturated rings. The van der Waals surface area contributed by atoms with Gasteiger partial charge in [0, 0.05) is 36.8 Å². The van der Waals surface area contributed by atoms with Crippen molar-refractivity contribution in [2.75, 3.05) is 17.3 Å². The molecular formula is C23H24F3N3O3. The molecule has 2 aromatic rings. The number of ether oxygens (including phenoxy) is 1. The number of hydrogen-bond donors (Lipinski definition) is 2. The normalized spacial score (nSPS) is 19.5. The second-order valence-electron chi connectivity index (χ2n) is 8.76. The van der Waals surface area contributed by atoms with Crippen LogP contribution in [0.15, 0.2) is 36.4 Å². The SMILES string of the molecule is CN1C(=O)CCc2ccc(NC(=O)N[C@@H]3CC(C)(C)Oc4cc(C(F)(F)F)ccc43)cc21. The van der Waals surface area contributed by atoms with Crippen LogP contribution in [0, 0.1) is 0 Å². The van der Waals surface area contributed by atoms with E-state index in [1.54, 1.807) is 37.9 Å². The van der Waals surface area contributed by atoms with Crippen LogP contribution in [-0.2, 0) is 17.4 Å². The van der Waals surface area contributed by atoms with E-state index >= 15 is 0 Å². The Hall–Kier alpha value is -3.23. The molecule has 170 valence electrons. The fourth-order valence-electron chi connectivity index (χ4n) is 4.19. The number of amides is 3. The molecule has 0 spiro atoms. The van der Waals surface area contributed by atoms with Gasteiger partial charge in [0.25, 0.3) is 0 Å². The molecule has 0 unspecified atom stereocenters. The first-order valence-corrected chi connectivity index (χ1v) is 10.3. The summed E-state index contributed by atoms with van der Waals surface area (Å²) in [5.74, 6) is 0.119. The molecule has 0 aromatic heterocycles. The Morgan fingerprint density at radius 1 is 1.16 bits per heavy atom. The second kappa shape index (κ2) is 7.72. The average molecular weight is 447 g/mol. The van der Waals surface area contributed by atoms with Crippen LogP contribution in [0.25, 0.3) is 0 Å². The number of hydrogen-bond acceptors (Lipinski definition) is 3. The maximum Gasteiger partial charge on any atom is 0.416 e. The van der Waals surface area contributed by atoms with E-state index in [0.717, 1.165) is 23.4 Å². The highest BCUT2D eigenvalue weighted by Crippen LogP contribution is 2.42. The molecular weight excluding hydrogens is 423 g/mol. The third-order valence-corrected chi connectivity index (χ3v) is 5.79. The molecule has 0 radical (unpaired) electrons. The van der Waals surface area contributed by atoms with E-state index in [1.807, 2.05) is 6.07 Å². The topological polar surface area (TPSA) is 70.7 Å². The lowest BCUT2D eigenvalue weighted by atomic mass is 9.89. The molecule has 2 heterocycles. The number of benzene rings is 2. The minimum Gasteiger partial charge on any atom is -0.487 e. The molecule has 3 amide bonds. The van der Waals surface area contributed by atoms with Gasteiger partial charge in [-0.05, 0) is 50.1 Å². The van der Waals surface area contributed by atoms with Gasteiger partial charge in [-0.15, -0.1) is 0 Å². The van der Waals surface area contributed by atoms with Gasteiger partial charge >= 0.3 is 12.2 Å². The molecule has 9 heteroatoms. The summed E-state index contributed by atoms with van der Waals surface area (Å²) in [6.07, 6.45) is -2.99. The van der Waals surface area contributed by atoms with E-state index in [4.69, 9.17) is 4.74 Å². The van der Waals surface area contributed by atoms with Gasteiger partial charge < -0.3 is 20.3 Å². The van der Waals surface area contributed by atoms with Crippen LogP contribution < -0.4 is 20.3 Å². The van der Waals surface area contributed by atoms with Crippen LogP contribution in [0.1, 0.15) is 49.4 Å². The van der Waals surface area contributed by atoms with Gasteiger partial charge in [-0.25, -0.2) is 4.79 Å². The number of nitrogens with zero attached hydrogens (tertiary/aromatic N) is 1. The number of halogens is 3. The molecule has 2 aliphatic rings. The van der Waals surface area contributed by atoms with Gasteiger partial charge in [0.1, 0.15) is 11.4 Å². The van der Waals surface area contributed by atoms with Crippen molar-refractivity contribution in [3.05, 3.63) is 53.1 Å². The molecule has 0 saturated heterocycles. The predicted molar refractivity (Wildman–Crippen MR) is 114 cm³/mol. The molecule has 0 saturated carbocycles. The van der Waals surface area contributed by atoms with E-state index in [-0.39, 0.29) is 11.7 Å². The zero-order valence-corrected chi connectivity index (χ0v) is 18.0. The Kier molecular flexibility index (Phi) is 5.30. The first-order valence-electron chi connectivity index (χ1n) is 10.3. The Balaban J connectivity index is 1.53. The van der Waals surface area contributed by atoms with Crippen LogP contribution in [0.3, 0.4) is 0 Å². The molecule has 2 N–H and O–H groups in total. The van der Waals surface area contributed by atoms with Gasteiger partial charge in [0.05, 0.1) is 11.6 Å². The van der Waals surface area contributed by atoms with Crippen molar-refractivity contribution in [2.45, 2.75) is 50.9 Å². The van der Waals surface area contributed by atoms with Gasteiger partial charge in [-0.2, -0.15) is 13.2 Å². The summed E-state index contributed by atoms with van der Waals surface area (Å²) < 4.78 is 45.1. The van der Waals surface area contributed by atoms with Gasteiger partial charge in [-0.3, -0.25) is 4.79 Å². The van der Waals surface area contributed by atoms with Gasteiger partial charge in [-0.1, -0.05) is 12.1 Å². The van der Waals surface area contributed by atoms with E-state index in [1.165, 1.54) is 6.07 Å². The second-order valence-corrected chi connectivity index (χ2v) is 8.76. The summed E-state index contributed by atoms with van der Waals surface area (Å²) >= 11 is 0. The standard InChI is InChI=1S/C23H24F3N3O3/c1-22(2)12-17(16-8-6-14(23(24,25)26)10-19(16)32-22)28-21(31)27-15-7-4-13-5-9-20(30)29(3)18(13)11-15/h4,6-8,10-11,17H,5,9,12H2,1-3H3,(H2,27,28,31)/t17-/m1/s1. The highest BCUT2D eigenvalue weighted by atomic mass is 19.4. The zero-order chi connectivity index (χ0) is 23.3. The lowest BCUT2D eigenvalue weighted by molar-refractivity contribution is -0.137. The lowest BCUT2D eigenvalue weighted by Gasteiger charge is -2.38. The van der Waals surface area contributed by atoms with Crippen LogP contribution >= 0.6 is 0 Å². The monoisotopic (exact) mass is 447 g/mol. The Morgan fingerprint density at radius 3 is 2.62 bits per heavy atom. The van der Waals surface area contributed by atoms with Crippen LogP contribution in [-0.4, -0.2) is 24.6 Å². The summed E-state index contributed by atoms with van der Waals surface area (Å²) in [6.45, 7) is 3.53. The smallest absolute Gasteiger partial charge is 0.416 e. The fraction of sp³-hybridized carbons (Fsp3) is 0.391. The van der Waals surface area contributed by atoms with Crippen LogP contribution in [0.2, 0.25) is 0 Å². The maximum atomic E-state index is 13.1. The Labute approximate surface area is 183 Å². The number of carbonyl (C=O) groups excluding carboxylic acids is 2. The highest BCUT2D eigenvalue weighted by molar-refractivity contribution is 5.97. The Morgan fingerprint density at radius 2 is 1.91 bits per heavy atom. The number of nitrogens with one attached hydrogen (secondary N) is 2. The minimum absolute atomic E-state index is 0.0124. The van der Waals surface area contributed by atoms with Crippen molar-refractivity contribution in [3.63, 3.8) is 0 Å². The minimum atomic E-state index is -4.48. The van der Waals surface area contributed by atoms with E-state index < -0.39 is 29.4 Å².